The Labute approximate surface area is 92.3 Å². The summed E-state index contributed by atoms with van der Waals surface area (Å²) in [6, 6.07) is 5.76. The van der Waals surface area contributed by atoms with Crippen LogP contribution < -0.4 is 10.1 Å². The van der Waals surface area contributed by atoms with Crippen LogP contribution in [0.1, 0.15) is 17.2 Å². The van der Waals surface area contributed by atoms with Gasteiger partial charge in [0.2, 0.25) is 0 Å². The smallest absolute Gasteiger partial charge is 0.407 e. The SMILES string of the molecule is O=C1NC[C@@H](c2ccc3c(c2)COCO3)O1. The van der Waals surface area contributed by atoms with Gasteiger partial charge in [0.1, 0.15) is 11.9 Å². The monoisotopic (exact) mass is 221 g/mol. The zero-order valence-corrected chi connectivity index (χ0v) is 8.56. The maximum absolute atomic E-state index is 10.9. The van der Waals surface area contributed by atoms with Crippen LogP contribution in [-0.2, 0) is 16.1 Å². The van der Waals surface area contributed by atoms with Crippen molar-refractivity contribution < 1.29 is 19.0 Å². The molecule has 2 aliphatic rings. The molecule has 2 heterocycles. The van der Waals surface area contributed by atoms with Gasteiger partial charge in [-0.1, -0.05) is 6.07 Å². The zero-order valence-electron chi connectivity index (χ0n) is 8.56. The summed E-state index contributed by atoms with van der Waals surface area (Å²) in [5.74, 6) is 0.840. The van der Waals surface area contributed by atoms with Crippen LogP contribution in [0.2, 0.25) is 0 Å². The summed E-state index contributed by atoms with van der Waals surface area (Å²) in [4.78, 5) is 10.9. The molecular formula is C11H11NO4. The maximum Gasteiger partial charge on any atom is 0.407 e. The Morgan fingerprint density at radius 3 is 3.12 bits per heavy atom. The van der Waals surface area contributed by atoms with E-state index in [1.54, 1.807) is 0 Å². The molecule has 5 nitrogen and oxygen atoms in total. The predicted octanol–water partition coefficient (Wildman–Crippen LogP) is 1.33. The molecule has 0 radical (unpaired) electrons. The van der Waals surface area contributed by atoms with Gasteiger partial charge in [0.25, 0.3) is 0 Å². The van der Waals surface area contributed by atoms with Crippen molar-refractivity contribution in [2.75, 3.05) is 13.3 Å². The van der Waals surface area contributed by atoms with E-state index in [0.29, 0.717) is 19.9 Å². The van der Waals surface area contributed by atoms with Gasteiger partial charge in [-0.25, -0.2) is 4.79 Å². The van der Waals surface area contributed by atoms with Gasteiger partial charge < -0.3 is 19.5 Å². The second-order valence-corrected chi connectivity index (χ2v) is 3.75. The van der Waals surface area contributed by atoms with Crippen LogP contribution in [-0.4, -0.2) is 19.4 Å². The minimum Gasteiger partial charge on any atom is -0.467 e. The van der Waals surface area contributed by atoms with Gasteiger partial charge in [0.05, 0.1) is 13.2 Å². The Balaban J connectivity index is 1.88. The third-order valence-electron chi connectivity index (χ3n) is 2.69. The van der Waals surface area contributed by atoms with Crippen molar-refractivity contribution in [1.82, 2.24) is 5.32 Å². The Morgan fingerprint density at radius 2 is 2.31 bits per heavy atom. The Bertz CT molecular complexity index is 432. The van der Waals surface area contributed by atoms with Gasteiger partial charge >= 0.3 is 6.09 Å². The van der Waals surface area contributed by atoms with Gasteiger partial charge in [0.15, 0.2) is 6.79 Å². The number of ether oxygens (including phenoxy) is 3. The first-order valence-corrected chi connectivity index (χ1v) is 5.11. The highest BCUT2D eigenvalue weighted by Gasteiger charge is 2.25. The third kappa shape index (κ3) is 1.59. The second kappa shape index (κ2) is 3.68. The number of hydrogen-bond donors (Lipinski definition) is 1. The van der Waals surface area contributed by atoms with E-state index in [1.165, 1.54) is 0 Å². The maximum atomic E-state index is 10.9. The van der Waals surface area contributed by atoms with Crippen LogP contribution in [0.4, 0.5) is 4.79 Å². The Hall–Kier alpha value is -1.75. The van der Waals surface area contributed by atoms with E-state index in [9.17, 15) is 4.79 Å². The first kappa shape index (κ1) is 9.47. The number of hydrogen-bond acceptors (Lipinski definition) is 4. The molecule has 2 aliphatic heterocycles. The second-order valence-electron chi connectivity index (χ2n) is 3.75. The minimum absolute atomic E-state index is 0.209. The fourth-order valence-corrected chi connectivity index (χ4v) is 1.88. The number of amides is 1. The van der Waals surface area contributed by atoms with Gasteiger partial charge in [-0.15, -0.1) is 0 Å². The molecule has 5 heteroatoms. The number of carbonyl (C=O) groups is 1. The lowest BCUT2D eigenvalue weighted by atomic mass is 10.1. The number of benzene rings is 1. The lowest BCUT2D eigenvalue weighted by Gasteiger charge is -2.19. The largest absolute Gasteiger partial charge is 0.467 e. The topological polar surface area (TPSA) is 56.8 Å². The molecule has 1 N–H and O–H groups in total. The molecular weight excluding hydrogens is 210 g/mol. The minimum atomic E-state index is -0.366. The van der Waals surface area contributed by atoms with E-state index in [-0.39, 0.29) is 12.2 Å². The van der Waals surface area contributed by atoms with Crippen LogP contribution in [0.3, 0.4) is 0 Å². The predicted molar refractivity (Wildman–Crippen MR) is 54.0 cm³/mol. The van der Waals surface area contributed by atoms with Gasteiger partial charge in [-0.05, 0) is 17.7 Å². The van der Waals surface area contributed by atoms with E-state index in [4.69, 9.17) is 14.2 Å². The molecule has 0 aliphatic carbocycles. The van der Waals surface area contributed by atoms with Crippen molar-refractivity contribution in [2.45, 2.75) is 12.7 Å². The summed E-state index contributed by atoms with van der Waals surface area (Å²) in [5, 5.41) is 2.62. The number of cyclic esters (lactones) is 1. The summed E-state index contributed by atoms with van der Waals surface area (Å²) in [5.41, 5.74) is 1.96. The number of fused-ring (bicyclic) bond motifs is 1. The molecule has 0 bridgehead atoms. The van der Waals surface area contributed by atoms with Crippen LogP contribution >= 0.6 is 0 Å². The quantitative estimate of drug-likeness (QED) is 0.777. The molecule has 0 saturated carbocycles. The van der Waals surface area contributed by atoms with E-state index in [0.717, 1.165) is 16.9 Å². The van der Waals surface area contributed by atoms with E-state index in [2.05, 4.69) is 5.32 Å². The number of nitrogens with one attached hydrogen (secondary N) is 1. The zero-order chi connectivity index (χ0) is 11.0. The summed E-state index contributed by atoms with van der Waals surface area (Å²) < 4.78 is 15.6. The highest BCUT2D eigenvalue weighted by molar-refractivity contribution is 5.69. The number of alkyl carbamates (subject to hydrolysis) is 1. The van der Waals surface area contributed by atoms with Crippen molar-refractivity contribution in [3.63, 3.8) is 0 Å². The first-order valence-electron chi connectivity index (χ1n) is 5.11. The molecule has 0 spiro atoms. The standard InChI is InChI=1S/C11H11NO4/c13-11-12-4-10(16-11)7-1-2-9-8(3-7)5-14-6-15-9/h1-3,10H,4-6H2,(H,12,13)/t10-/m0/s1. The molecule has 1 saturated heterocycles. The molecule has 1 amide bonds. The van der Waals surface area contributed by atoms with Crippen LogP contribution in [0.15, 0.2) is 18.2 Å². The Kier molecular flexibility index (Phi) is 2.18. The molecule has 0 aromatic heterocycles. The summed E-state index contributed by atoms with van der Waals surface area (Å²) in [7, 11) is 0. The Morgan fingerprint density at radius 1 is 1.38 bits per heavy atom. The lowest BCUT2D eigenvalue weighted by molar-refractivity contribution is -0.0165. The number of carbonyl (C=O) groups excluding carboxylic acids is 1. The van der Waals surface area contributed by atoms with Crippen LogP contribution in [0, 0.1) is 0 Å². The summed E-state index contributed by atoms with van der Waals surface area (Å²) in [6.45, 7) is 1.35. The molecule has 16 heavy (non-hydrogen) atoms. The average molecular weight is 221 g/mol. The molecule has 1 aromatic carbocycles. The van der Waals surface area contributed by atoms with Crippen molar-refractivity contribution in [1.29, 1.82) is 0 Å². The lowest BCUT2D eigenvalue weighted by Crippen LogP contribution is -2.13. The highest BCUT2D eigenvalue weighted by atomic mass is 16.7. The number of rotatable bonds is 1. The van der Waals surface area contributed by atoms with Crippen LogP contribution in [0.5, 0.6) is 5.75 Å². The molecule has 1 fully saturated rings. The average Bonchev–Trinajstić information content (AvgIpc) is 2.75. The fourth-order valence-electron chi connectivity index (χ4n) is 1.88. The normalized spacial score (nSPS) is 23.0. The van der Waals surface area contributed by atoms with Gasteiger partial charge in [-0.2, -0.15) is 0 Å². The van der Waals surface area contributed by atoms with Crippen LogP contribution in [0.25, 0.3) is 0 Å². The van der Waals surface area contributed by atoms with Crippen molar-refractivity contribution in [3.05, 3.63) is 29.3 Å². The van der Waals surface area contributed by atoms with Crippen molar-refractivity contribution >= 4 is 6.09 Å². The molecule has 1 aromatic rings. The van der Waals surface area contributed by atoms with E-state index >= 15 is 0 Å². The van der Waals surface area contributed by atoms with Crippen molar-refractivity contribution in [2.24, 2.45) is 0 Å². The van der Waals surface area contributed by atoms with E-state index in [1.807, 2.05) is 18.2 Å². The summed E-state index contributed by atoms with van der Waals surface area (Å²) in [6.07, 6.45) is -0.574. The molecule has 84 valence electrons. The summed E-state index contributed by atoms with van der Waals surface area (Å²) >= 11 is 0. The molecule has 0 unspecified atom stereocenters. The van der Waals surface area contributed by atoms with Gasteiger partial charge in [-0.3, -0.25) is 0 Å². The van der Waals surface area contributed by atoms with E-state index < -0.39 is 0 Å². The molecule has 1 atom stereocenters. The highest BCUT2D eigenvalue weighted by Crippen LogP contribution is 2.29. The van der Waals surface area contributed by atoms with Crippen molar-refractivity contribution in [3.8, 4) is 5.75 Å². The third-order valence-corrected chi connectivity index (χ3v) is 2.69. The molecule has 3 rings (SSSR count). The first-order chi connectivity index (χ1) is 7.83. The fraction of sp³-hybridized carbons (Fsp3) is 0.364. The van der Waals surface area contributed by atoms with Gasteiger partial charge in [0, 0.05) is 5.56 Å².